The topological polar surface area (TPSA) is 80.3 Å². The summed E-state index contributed by atoms with van der Waals surface area (Å²) in [6.45, 7) is 6.93. The van der Waals surface area contributed by atoms with Gasteiger partial charge in [0.05, 0.1) is 5.75 Å². The van der Waals surface area contributed by atoms with Crippen LogP contribution in [0.15, 0.2) is 78.0 Å². The minimum absolute atomic E-state index is 0.104. The molecule has 0 atom stereocenters. The Kier molecular flexibility index (Phi) is 7.89. The van der Waals surface area contributed by atoms with Gasteiger partial charge in [-0.25, -0.2) is 0 Å². The number of ether oxygens (including phenoxy) is 1. The van der Waals surface area contributed by atoms with Gasteiger partial charge in [0.25, 0.3) is 5.91 Å². The zero-order valence-corrected chi connectivity index (χ0v) is 19.2. The molecule has 0 saturated heterocycles. The molecule has 7 heteroatoms. The zero-order valence-electron chi connectivity index (χ0n) is 18.4. The van der Waals surface area contributed by atoms with E-state index in [2.05, 4.69) is 48.7 Å². The van der Waals surface area contributed by atoms with E-state index in [-0.39, 0.29) is 23.0 Å². The lowest BCUT2D eigenvalue weighted by Crippen LogP contribution is -2.42. The summed E-state index contributed by atoms with van der Waals surface area (Å²) < 4.78 is 5.84. The van der Waals surface area contributed by atoms with E-state index < -0.39 is 0 Å². The first kappa shape index (κ1) is 23.3. The maximum Gasteiger partial charge on any atom is 0.269 e. The van der Waals surface area contributed by atoms with Gasteiger partial charge in [-0.15, -0.1) is 11.8 Å². The van der Waals surface area contributed by atoms with Crippen LogP contribution in [0.4, 0.5) is 0 Å². The predicted octanol–water partition coefficient (Wildman–Crippen LogP) is 4.51. The van der Waals surface area contributed by atoms with Gasteiger partial charge in [-0.1, -0.05) is 45.0 Å². The maximum atomic E-state index is 12.3. The first-order valence-electron chi connectivity index (χ1n) is 10.3. The number of aromatic nitrogens is 1. The fourth-order valence-electron chi connectivity index (χ4n) is 2.79. The number of hydrogen-bond donors (Lipinski definition) is 2. The van der Waals surface area contributed by atoms with Gasteiger partial charge in [0.15, 0.2) is 0 Å². The third-order valence-electron chi connectivity index (χ3n) is 4.68. The van der Waals surface area contributed by atoms with Crippen LogP contribution in [-0.4, -0.2) is 22.6 Å². The lowest BCUT2D eigenvalue weighted by atomic mass is 9.87. The Labute approximate surface area is 192 Å². The summed E-state index contributed by atoms with van der Waals surface area (Å²) in [7, 11) is 0. The molecule has 0 spiro atoms. The number of rotatable bonds is 7. The molecule has 0 aliphatic heterocycles. The molecule has 0 unspecified atom stereocenters. The largest absolute Gasteiger partial charge is 0.489 e. The predicted molar refractivity (Wildman–Crippen MR) is 126 cm³/mol. The second-order valence-corrected chi connectivity index (χ2v) is 9.28. The number of nitrogens with one attached hydrogen (secondary N) is 2. The monoisotopic (exact) mass is 449 g/mol. The SMILES string of the molecule is CC(C)(C)c1ccc(OCc2ccc(C(=O)NNC(=O)CSc3ccncc3)cc2)cc1. The summed E-state index contributed by atoms with van der Waals surface area (Å²) in [5.74, 6) is 0.324. The van der Waals surface area contributed by atoms with Crippen LogP contribution in [-0.2, 0) is 16.8 Å². The van der Waals surface area contributed by atoms with Crippen molar-refractivity contribution >= 4 is 23.6 Å². The van der Waals surface area contributed by atoms with Crippen molar-refractivity contribution in [3.05, 3.63) is 89.7 Å². The number of amides is 2. The highest BCUT2D eigenvalue weighted by molar-refractivity contribution is 8.00. The second-order valence-electron chi connectivity index (χ2n) is 8.23. The molecular weight excluding hydrogens is 422 g/mol. The fourth-order valence-corrected chi connectivity index (χ4v) is 3.47. The van der Waals surface area contributed by atoms with E-state index in [0.717, 1.165) is 16.2 Å². The Bertz CT molecular complexity index is 1030. The average Bonchev–Trinajstić information content (AvgIpc) is 2.80. The molecule has 0 aliphatic carbocycles. The van der Waals surface area contributed by atoms with Crippen molar-refractivity contribution in [3.63, 3.8) is 0 Å². The Hall–Kier alpha value is -3.32. The van der Waals surface area contributed by atoms with Gasteiger partial charge in [0, 0.05) is 22.9 Å². The minimum Gasteiger partial charge on any atom is -0.489 e. The van der Waals surface area contributed by atoms with E-state index in [9.17, 15) is 9.59 Å². The highest BCUT2D eigenvalue weighted by atomic mass is 32.2. The van der Waals surface area contributed by atoms with Gasteiger partial charge in [-0.05, 0) is 52.9 Å². The molecule has 2 N–H and O–H groups in total. The number of hydrogen-bond acceptors (Lipinski definition) is 5. The summed E-state index contributed by atoms with van der Waals surface area (Å²) in [4.78, 5) is 29.0. The first-order valence-corrected chi connectivity index (χ1v) is 11.2. The van der Waals surface area contributed by atoms with Crippen LogP contribution < -0.4 is 15.6 Å². The van der Waals surface area contributed by atoms with Gasteiger partial charge in [0.2, 0.25) is 5.91 Å². The molecule has 3 rings (SSSR count). The smallest absolute Gasteiger partial charge is 0.269 e. The van der Waals surface area contributed by atoms with Crippen molar-refractivity contribution in [1.82, 2.24) is 15.8 Å². The molecule has 0 aliphatic rings. The summed E-state index contributed by atoms with van der Waals surface area (Å²) in [6.07, 6.45) is 3.33. The summed E-state index contributed by atoms with van der Waals surface area (Å²) in [5, 5.41) is 0. The van der Waals surface area contributed by atoms with Crippen molar-refractivity contribution in [2.75, 3.05) is 5.75 Å². The highest BCUT2D eigenvalue weighted by Crippen LogP contribution is 2.24. The van der Waals surface area contributed by atoms with E-state index >= 15 is 0 Å². The lowest BCUT2D eigenvalue weighted by molar-refractivity contribution is -0.119. The summed E-state index contributed by atoms with van der Waals surface area (Å²) >= 11 is 1.37. The Morgan fingerprint density at radius 1 is 0.906 bits per heavy atom. The second kappa shape index (κ2) is 10.8. The van der Waals surface area contributed by atoms with Crippen LogP contribution in [0.1, 0.15) is 42.3 Å². The van der Waals surface area contributed by atoms with Crippen LogP contribution in [0.5, 0.6) is 5.75 Å². The van der Waals surface area contributed by atoms with Crippen molar-refractivity contribution in [1.29, 1.82) is 0 Å². The van der Waals surface area contributed by atoms with E-state index in [1.165, 1.54) is 17.3 Å². The molecule has 3 aromatic rings. The van der Waals surface area contributed by atoms with Gasteiger partial charge < -0.3 is 4.74 Å². The molecular formula is C25H27N3O3S. The zero-order chi connectivity index (χ0) is 23.0. The molecule has 166 valence electrons. The van der Waals surface area contributed by atoms with Crippen LogP contribution in [0, 0.1) is 0 Å². The normalized spacial score (nSPS) is 11.0. The molecule has 0 radical (unpaired) electrons. The van der Waals surface area contributed by atoms with E-state index in [0.29, 0.717) is 12.2 Å². The Morgan fingerprint density at radius 3 is 2.19 bits per heavy atom. The molecule has 0 fully saturated rings. The van der Waals surface area contributed by atoms with Crippen LogP contribution >= 0.6 is 11.8 Å². The molecule has 0 saturated carbocycles. The third kappa shape index (κ3) is 7.13. The van der Waals surface area contributed by atoms with Crippen molar-refractivity contribution < 1.29 is 14.3 Å². The Morgan fingerprint density at radius 2 is 1.56 bits per heavy atom. The lowest BCUT2D eigenvalue weighted by Gasteiger charge is -2.19. The van der Waals surface area contributed by atoms with E-state index in [1.807, 2.05) is 36.4 Å². The number of carbonyl (C=O) groups excluding carboxylic acids is 2. The molecule has 1 aromatic heterocycles. The van der Waals surface area contributed by atoms with Crippen molar-refractivity contribution in [2.24, 2.45) is 0 Å². The number of nitrogens with zero attached hydrogens (tertiary/aromatic N) is 1. The minimum atomic E-state index is -0.377. The number of benzene rings is 2. The quantitative estimate of drug-likeness (QED) is 0.410. The Balaban J connectivity index is 1.43. The van der Waals surface area contributed by atoms with Crippen molar-refractivity contribution in [2.45, 2.75) is 37.7 Å². The first-order chi connectivity index (χ1) is 15.3. The molecule has 0 bridgehead atoms. The standard InChI is InChI=1S/C25H27N3O3S/c1-25(2,3)20-8-10-21(11-9-20)31-16-18-4-6-19(7-5-18)24(30)28-27-23(29)17-32-22-12-14-26-15-13-22/h4-15H,16-17H2,1-3H3,(H,27,29)(H,28,30). The number of carbonyl (C=O) groups is 2. The van der Waals surface area contributed by atoms with Gasteiger partial charge in [-0.2, -0.15) is 0 Å². The average molecular weight is 450 g/mol. The third-order valence-corrected chi connectivity index (χ3v) is 5.69. The number of thioether (sulfide) groups is 1. The number of pyridine rings is 1. The fraction of sp³-hybridized carbons (Fsp3) is 0.240. The van der Waals surface area contributed by atoms with Crippen LogP contribution in [0.25, 0.3) is 0 Å². The molecule has 1 heterocycles. The molecule has 2 aromatic carbocycles. The van der Waals surface area contributed by atoms with Crippen LogP contribution in [0.2, 0.25) is 0 Å². The van der Waals surface area contributed by atoms with Gasteiger partial charge in [-0.3, -0.25) is 25.4 Å². The van der Waals surface area contributed by atoms with E-state index in [4.69, 9.17) is 4.74 Å². The molecule has 32 heavy (non-hydrogen) atoms. The number of hydrazine groups is 1. The van der Waals surface area contributed by atoms with Crippen LogP contribution in [0.3, 0.4) is 0 Å². The maximum absolute atomic E-state index is 12.3. The van der Waals surface area contributed by atoms with Crippen molar-refractivity contribution in [3.8, 4) is 5.75 Å². The molecule has 6 nitrogen and oxygen atoms in total. The van der Waals surface area contributed by atoms with E-state index in [1.54, 1.807) is 24.5 Å². The van der Waals surface area contributed by atoms with Gasteiger partial charge >= 0.3 is 0 Å². The summed E-state index contributed by atoms with van der Waals surface area (Å²) in [6, 6.07) is 18.8. The highest BCUT2D eigenvalue weighted by Gasteiger charge is 2.13. The van der Waals surface area contributed by atoms with Gasteiger partial charge in [0.1, 0.15) is 12.4 Å². The molecule has 2 amide bonds. The summed E-state index contributed by atoms with van der Waals surface area (Å²) in [5.41, 5.74) is 7.61.